The van der Waals surface area contributed by atoms with Crippen LogP contribution in [-0.2, 0) is 4.79 Å². The molecule has 0 atom stereocenters. The number of hydrogen-bond acceptors (Lipinski definition) is 6. The van der Waals surface area contributed by atoms with Crippen LogP contribution >= 0.6 is 24.0 Å². The van der Waals surface area contributed by atoms with E-state index in [0.717, 1.165) is 11.8 Å². The number of carbonyl (C=O) groups is 2. The Morgan fingerprint density at radius 2 is 1.96 bits per heavy atom. The molecule has 2 aromatic rings. The third-order valence-corrected chi connectivity index (χ3v) is 4.99. The molecule has 0 N–H and O–H groups in total. The molecule has 0 aliphatic carbocycles. The molecule has 6 nitrogen and oxygen atoms in total. The average molecular weight is 384 g/mol. The zero-order valence-corrected chi connectivity index (χ0v) is 15.2. The normalized spacial score (nSPS) is 15.6. The molecule has 8 heteroatoms. The number of thiocarbonyl (C=S) groups is 1. The van der Waals surface area contributed by atoms with Crippen LogP contribution in [0.4, 0.5) is 11.4 Å². The number of nitro groups is 1. The second-order valence-electron chi connectivity index (χ2n) is 5.48. The van der Waals surface area contributed by atoms with E-state index in [1.807, 2.05) is 0 Å². The molecule has 0 unspecified atom stereocenters. The van der Waals surface area contributed by atoms with Gasteiger partial charge in [-0.3, -0.25) is 24.6 Å². The van der Waals surface area contributed by atoms with E-state index in [-0.39, 0.29) is 17.4 Å². The first-order chi connectivity index (χ1) is 12.4. The van der Waals surface area contributed by atoms with E-state index >= 15 is 0 Å². The molecule has 1 fully saturated rings. The number of carbonyl (C=O) groups excluding carboxylic acids is 2. The van der Waals surface area contributed by atoms with Crippen LogP contribution in [0.2, 0.25) is 0 Å². The minimum absolute atomic E-state index is 0.0524. The number of benzene rings is 2. The summed E-state index contributed by atoms with van der Waals surface area (Å²) in [6.45, 7) is 1.45. The molecule has 1 saturated heterocycles. The Labute approximate surface area is 158 Å². The van der Waals surface area contributed by atoms with Gasteiger partial charge in [0.05, 0.1) is 15.5 Å². The van der Waals surface area contributed by atoms with Crippen molar-refractivity contribution in [1.29, 1.82) is 0 Å². The molecule has 0 radical (unpaired) electrons. The summed E-state index contributed by atoms with van der Waals surface area (Å²) in [5, 5.41) is 10.9. The maximum absolute atomic E-state index is 12.8. The van der Waals surface area contributed by atoms with Crippen LogP contribution in [0.3, 0.4) is 0 Å². The number of ketones is 1. The van der Waals surface area contributed by atoms with E-state index < -0.39 is 4.92 Å². The molecule has 1 amide bonds. The molecular formula is C18H12N2O4S2. The van der Waals surface area contributed by atoms with Gasteiger partial charge in [0, 0.05) is 17.7 Å². The lowest BCUT2D eigenvalue weighted by Crippen LogP contribution is -2.27. The van der Waals surface area contributed by atoms with Gasteiger partial charge in [0.15, 0.2) is 10.1 Å². The van der Waals surface area contributed by atoms with Gasteiger partial charge in [-0.05, 0) is 30.7 Å². The largest absolute Gasteiger partial charge is 0.295 e. The van der Waals surface area contributed by atoms with Crippen LogP contribution in [0, 0.1) is 10.1 Å². The lowest BCUT2D eigenvalue weighted by molar-refractivity contribution is -0.384. The smallest absolute Gasteiger partial charge is 0.270 e. The van der Waals surface area contributed by atoms with E-state index in [2.05, 4.69) is 0 Å². The molecule has 130 valence electrons. The van der Waals surface area contributed by atoms with Gasteiger partial charge in [0.25, 0.3) is 11.6 Å². The summed E-state index contributed by atoms with van der Waals surface area (Å²) in [7, 11) is 0. The minimum atomic E-state index is -0.490. The second kappa shape index (κ2) is 7.19. The quantitative estimate of drug-likeness (QED) is 0.258. The van der Waals surface area contributed by atoms with Crippen molar-refractivity contribution in [3.8, 4) is 0 Å². The average Bonchev–Trinajstić information content (AvgIpc) is 2.88. The molecule has 0 spiro atoms. The van der Waals surface area contributed by atoms with Gasteiger partial charge < -0.3 is 0 Å². The topological polar surface area (TPSA) is 80.5 Å². The molecule has 0 bridgehead atoms. The Morgan fingerprint density at radius 1 is 1.23 bits per heavy atom. The number of anilines is 1. The summed E-state index contributed by atoms with van der Waals surface area (Å²) < 4.78 is 0.340. The van der Waals surface area contributed by atoms with Crippen molar-refractivity contribution in [2.24, 2.45) is 0 Å². The summed E-state index contributed by atoms with van der Waals surface area (Å²) in [5.41, 5.74) is 1.49. The number of amides is 1. The summed E-state index contributed by atoms with van der Waals surface area (Å²) in [4.78, 5) is 36.4. The number of nitrogens with zero attached hydrogens (tertiary/aromatic N) is 2. The summed E-state index contributed by atoms with van der Waals surface area (Å²) in [6.07, 6.45) is 1.57. The third-order valence-electron chi connectivity index (χ3n) is 3.68. The molecule has 2 aromatic carbocycles. The zero-order valence-electron chi connectivity index (χ0n) is 13.5. The zero-order chi connectivity index (χ0) is 18.8. The standard InChI is InChI=1S/C18H12N2O4S2/c1-11(21)13-5-3-6-14(10-13)19-17(22)16(26-18(19)25)9-12-4-2-7-15(8-12)20(23)24/h2-10H,1H3/b16-9-. The maximum atomic E-state index is 12.8. The number of hydrogen-bond donors (Lipinski definition) is 0. The number of thioether (sulfide) groups is 1. The first-order valence-electron chi connectivity index (χ1n) is 7.50. The van der Waals surface area contributed by atoms with Crippen molar-refractivity contribution in [3.05, 3.63) is 74.7 Å². The Balaban J connectivity index is 1.94. The van der Waals surface area contributed by atoms with Crippen LogP contribution in [-0.4, -0.2) is 20.9 Å². The molecule has 3 rings (SSSR count). The molecular weight excluding hydrogens is 372 g/mol. The predicted octanol–water partition coefficient (Wildman–Crippen LogP) is 4.20. The highest BCUT2D eigenvalue weighted by atomic mass is 32.2. The molecule has 1 aliphatic heterocycles. The third kappa shape index (κ3) is 3.56. The van der Waals surface area contributed by atoms with Gasteiger partial charge in [0.2, 0.25) is 0 Å². The summed E-state index contributed by atoms with van der Waals surface area (Å²) >= 11 is 6.42. The molecule has 1 heterocycles. The van der Waals surface area contributed by atoms with Gasteiger partial charge >= 0.3 is 0 Å². The van der Waals surface area contributed by atoms with Crippen LogP contribution in [0.25, 0.3) is 6.08 Å². The van der Waals surface area contributed by atoms with Gasteiger partial charge in [-0.15, -0.1) is 0 Å². The fourth-order valence-corrected chi connectivity index (χ4v) is 3.73. The van der Waals surface area contributed by atoms with Gasteiger partial charge in [-0.25, -0.2) is 0 Å². The Hall–Kier alpha value is -2.84. The van der Waals surface area contributed by atoms with Crippen LogP contribution in [0.1, 0.15) is 22.8 Å². The minimum Gasteiger partial charge on any atom is -0.295 e. The summed E-state index contributed by atoms with van der Waals surface area (Å²) in [6, 6.07) is 12.7. The highest BCUT2D eigenvalue weighted by molar-refractivity contribution is 8.27. The van der Waals surface area contributed by atoms with E-state index in [1.165, 1.54) is 24.0 Å². The van der Waals surface area contributed by atoms with Crippen molar-refractivity contribution in [2.45, 2.75) is 6.92 Å². The van der Waals surface area contributed by atoms with Crippen LogP contribution < -0.4 is 4.90 Å². The highest BCUT2D eigenvalue weighted by Gasteiger charge is 2.33. The second-order valence-corrected chi connectivity index (χ2v) is 7.15. The fourth-order valence-electron chi connectivity index (χ4n) is 2.43. The van der Waals surface area contributed by atoms with Crippen LogP contribution in [0.15, 0.2) is 53.4 Å². The van der Waals surface area contributed by atoms with Gasteiger partial charge in [0.1, 0.15) is 0 Å². The van der Waals surface area contributed by atoms with Crippen molar-refractivity contribution in [1.82, 2.24) is 0 Å². The Morgan fingerprint density at radius 3 is 2.65 bits per heavy atom. The van der Waals surface area contributed by atoms with Crippen molar-refractivity contribution in [3.63, 3.8) is 0 Å². The Bertz CT molecular complexity index is 985. The monoisotopic (exact) mass is 384 g/mol. The van der Waals surface area contributed by atoms with E-state index in [1.54, 1.807) is 42.5 Å². The van der Waals surface area contributed by atoms with Gasteiger partial charge in [-0.1, -0.05) is 48.2 Å². The number of non-ortho nitro benzene ring substituents is 1. The van der Waals surface area contributed by atoms with E-state index in [4.69, 9.17) is 12.2 Å². The first-order valence-corrected chi connectivity index (χ1v) is 8.73. The first kappa shape index (κ1) is 18.0. The van der Waals surface area contributed by atoms with Crippen molar-refractivity contribution >= 4 is 57.4 Å². The highest BCUT2D eigenvalue weighted by Crippen LogP contribution is 2.36. The molecule has 0 saturated carbocycles. The van der Waals surface area contributed by atoms with Crippen LogP contribution in [0.5, 0.6) is 0 Å². The number of Topliss-reactive ketones (excluding diaryl/α,β-unsaturated/α-hetero) is 1. The summed E-state index contributed by atoms with van der Waals surface area (Å²) in [5.74, 6) is -0.434. The van der Waals surface area contributed by atoms with Gasteiger partial charge in [-0.2, -0.15) is 0 Å². The fraction of sp³-hybridized carbons (Fsp3) is 0.0556. The number of nitro benzene ring substituents is 1. The molecule has 1 aliphatic rings. The number of rotatable bonds is 4. The maximum Gasteiger partial charge on any atom is 0.270 e. The van der Waals surface area contributed by atoms with E-state index in [9.17, 15) is 19.7 Å². The van der Waals surface area contributed by atoms with E-state index in [0.29, 0.717) is 26.0 Å². The van der Waals surface area contributed by atoms with Crippen molar-refractivity contribution < 1.29 is 14.5 Å². The predicted molar refractivity (Wildman–Crippen MR) is 105 cm³/mol. The molecule has 26 heavy (non-hydrogen) atoms. The lowest BCUT2D eigenvalue weighted by atomic mass is 10.1. The molecule has 0 aromatic heterocycles. The van der Waals surface area contributed by atoms with Crippen molar-refractivity contribution in [2.75, 3.05) is 4.90 Å². The Kier molecular flexibility index (Phi) is 4.97. The lowest BCUT2D eigenvalue weighted by Gasteiger charge is -2.15. The SMILES string of the molecule is CC(=O)c1cccc(N2C(=O)/C(=C/c3cccc([N+](=O)[O-])c3)SC2=S)c1.